The van der Waals surface area contributed by atoms with Crippen LogP contribution in [0, 0.1) is 0 Å². The maximum absolute atomic E-state index is 12.2. The molecule has 0 aliphatic carbocycles. The van der Waals surface area contributed by atoms with E-state index in [1.54, 1.807) is 7.11 Å². The zero-order valence-corrected chi connectivity index (χ0v) is 14.9. The van der Waals surface area contributed by atoms with Crippen molar-refractivity contribution >= 4 is 21.8 Å². The van der Waals surface area contributed by atoms with Gasteiger partial charge in [0.05, 0.1) is 7.11 Å². The van der Waals surface area contributed by atoms with Crippen LogP contribution >= 0.6 is 15.9 Å². The molecule has 0 atom stereocenters. The highest BCUT2D eigenvalue weighted by atomic mass is 79.9. The molecule has 5 nitrogen and oxygen atoms in total. The molecule has 1 fully saturated rings. The Kier molecular flexibility index (Phi) is 6.67. The summed E-state index contributed by atoms with van der Waals surface area (Å²) in [6.07, 6.45) is 0.562. The summed E-state index contributed by atoms with van der Waals surface area (Å²) < 4.78 is 6.43. The minimum absolute atomic E-state index is 0.245. The average Bonchev–Trinajstić information content (AvgIpc) is 2.53. The fraction of sp³-hybridized carbons (Fsp3) is 0.562. The molecule has 0 spiro atoms. The van der Waals surface area contributed by atoms with Crippen LogP contribution in [0.25, 0.3) is 0 Å². The highest BCUT2D eigenvalue weighted by Gasteiger charge is 2.16. The van der Waals surface area contributed by atoms with Gasteiger partial charge in [-0.3, -0.25) is 4.79 Å². The van der Waals surface area contributed by atoms with Crippen molar-refractivity contribution in [2.75, 3.05) is 46.9 Å². The second-order valence-electron chi connectivity index (χ2n) is 5.57. The molecule has 0 radical (unpaired) electrons. The van der Waals surface area contributed by atoms with Gasteiger partial charge in [-0.15, -0.1) is 0 Å². The standard InChI is InChI=1S/C16H24BrN3O2/c1-19(8-5-16(21)20-9-6-18-7-10-20)12-13-11-14(17)3-4-15(13)22-2/h3-4,11,18H,5-10,12H2,1-2H3. The molecule has 0 bridgehead atoms. The van der Waals surface area contributed by atoms with E-state index in [4.69, 9.17) is 4.74 Å². The number of piperazine rings is 1. The van der Waals surface area contributed by atoms with Gasteiger partial charge in [-0.1, -0.05) is 15.9 Å². The van der Waals surface area contributed by atoms with E-state index in [-0.39, 0.29) is 5.91 Å². The number of halogens is 1. The Hall–Kier alpha value is -1.11. The van der Waals surface area contributed by atoms with E-state index < -0.39 is 0 Å². The van der Waals surface area contributed by atoms with E-state index in [9.17, 15) is 4.79 Å². The van der Waals surface area contributed by atoms with Gasteiger partial charge >= 0.3 is 0 Å². The molecule has 2 rings (SSSR count). The highest BCUT2D eigenvalue weighted by molar-refractivity contribution is 9.10. The van der Waals surface area contributed by atoms with Crippen LogP contribution < -0.4 is 10.1 Å². The summed E-state index contributed by atoms with van der Waals surface area (Å²) in [4.78, 5) is 16.3. The Bertz CT molecular complexity index is 504. The van der Waals surface area contributed by atoms with Gasteiger partial charge in [-0.2, -0.15) is 0 Å². The molecule has 1 aliphatic heterocycles. The number of carbonyl (C=O) groups excluding carboxylic acids is 1. The molecule has 1 saturated heterocycles. The van der Waals surface area contributed by atoms with Gasteiger partial charge in [0.25, 0.3) is 0 Å². The maximum Gasteiger partial charge on any atom is 0.223 e. The zero-order chi connectivity index (χ0) is 15.9. The second kappa shape index (κ2) is 8.50. The number of rotatable bonds is 6. The first-order valence-corrected chi connectivity index (χ1v) is 8.39. The maximum atomic E-state index is 12.2. The number of nitrogens with one attached hydrogen (secondary N) is 1. The molecule has 1 N–H and O–H groups in total. The molecular weight excluding hydrogens is 346 g/mol. The van der Waals surface area contributed by atoms with Crippen LogP contribution in [0.4, 0.5) is 0 Å². The predicted octanol–water partition coefficient (Wildman–Crippen LogP) is 1.71. The molecule has 1 aliphatic rings. The van der Waals surface area contributed by atoms with E-state index in [1.165, 1.54) is 0 Å². The fourth-order valence-electron chi connectivity index (χ4n) is 2.60. The lowest BCUT2D eigenvalue weighted by Crippen LogP contribution is -2.47. The quantitative estimate of drug-likeness (QED) is 0.828. The van der Waals surface area contributed by atoms with Gasteiger partial charge in [0.2, 0.25) is 5.91 Å². The zero-order valence-electron chi connectivity index (χ0n) is 13.3. The molecule has 122 valence electrons. The average molecular weight is 370 g/mol. The van der Waals surface area contributed by atoms with Crippen molar-refractivity contribution < 1.29 is 9.53 Å². The van der Waals surface area contributed by atoms with Crippen LogP contribution in [0.3, 0.4) is 0 Å². The molecule has 0 saturated carbocycles. The number of hydrogen-bond donors (Lipinski definition) is 1. The number of carbonyl (C=O) groups is 1. The molecule has 1 aromatic carbocycles. The number of benzene rings is 1. The largest absolute Gasteiger partial charge is 0.496 e. The third kappa shape index (κ3) is 4.97. The van der Waals surface area contributed by atoms with E-state index in [2.05, 4.69) is 32.2 Å². The molecule has 1 amide bonds. The lowest BCUT2D eigenvalue weighted by atomic mass is 10.2. The fourth-order valence-corrected chi connectivity index (χ4v) is 3.01. The van der Waals surface area contributed by atoms with Gasteiger partial charge in [0.1, 0.15) is 5.75 Å². The van der Waals surface area contributed by atoms with Crippen molar-refractivity contribution in [1.29, 1.82) is 0 Å². The predicted molar refractivity (Wildman–Crippen MR) is 91.1 cm³/mol. The summed E-state index contributed by atoms with van der Waals surface area (Å²) in [5.41, 5.74) is 1.12. The van der Waals surface area contributed by atoms with E-state index in [0.717, 1.165) is 55.1 Å². The van der Waals surface area contributed by atoms with Crippen molar-refractivity contribution in [3.05, 3.63) is 28.2 Å². The third-order valence-corrected chi connectivity index (χ3v) is 4.35. The Balaban J connectivity index is 1.83. The molecular formula is C16H24BrN3O2. The van der Waals surface area contributed by atoms with Gasteiger partial charge < -0.3 is 19.9 Å². The minimum atomic E-state index is 0.245. The SMILES string of the molecule is COc1ccc(Br)cc1CN(C)CCC(=O)N1CCNCC1. The van der Waals surface area contributed by atoms with Crippen LogP contribution in [-0.4, -0.2) is 62.6 Å². The van der Waals surface area contributed by atoms with Crippen LogP contribution in [0.5, 0.6) is 5.75 Å². The number of methoxy groups -OCH3 is 1. The van der Waals surface area contributed by atoms with Crippen LogP contribution in [0.2, 0.25) is 0 Å². The Morgan fingerprint density at radius 2 is 2.14 bits per heavy atom. The monoisotopic (exact) mass is 369 g/mol. The molecule has 0 unspecified atom stereocenters. The summed E-state index contributed by atoms with van der Waals surface area (Å²) in [6.45, 7) is 4.95. The highest BCUT2D eigenvalue weighted by Crippen LogP contribution is 2.24. The number of nitrogens with zero attached hydrogens (tertiary/aromatic N) is 2. The lowest BCUT2D eigenvalue weighted by molar-refractivity contribution is -0.132. The first-order chi connectivity index (χ1) is 10.6. The molecule has 22 heavy (non-hydrogen) atoms. The van der Waals surface area contributed by atoms with Crippen LogP contribution in [-0.2, 0) is 11.3 Å². The Morgan fingerprint density at radius 1 is 1.41 bits per heavy atom. The van der Waals surface area contributed by atoms with Gasteiger partial charge in [-0.25, -0.2) is 0 Å². The van der Waals surface area contributed by atoms with Gasteiger partial charge in [-0.05, 0) is 25.2 Å². The number of hydrogen-bond acceptors (Lipinski definition) is 4. The normalized spacial score (nSPS) is 15.2. The molecule has 1 heterocycles. The van der Waals surface area contributed by atoms with Crippen molar-refractivity contribution in [2.24, 2.45) is 0 Å². The number of ether oxygens (including phenoxy) is 1. The van der Waals surface area contributed by atoms with Gasteiger partial charge in [0.15, 0.2) is 0 Å². The summed E-state index contributed by atoms with van der Waals surface area (Å²) in [7, 11) is 3.71. The minimum Gasteiger partial charge on any atom is -0.496 e. The Labute approximate surface area is 140 Å². The lowest BCUT2D eigenvalue weighted by Gasteiger charge is -2.28. The Morgan fingerprint density at radius 3 is 2.82 bits per heavy atom. The van der Waals surface area contributed by atoms with Crippen molar-refractivity contribution in [3.8, 4) is 5.75 Å². The van der Waals surface area contributed by atoms with Crippen LogP contribution in [0.1, 0.15) is 12.0 Å². The second-order valence-corrected chi connectivity index (χ2v) is 6.49. The van der Waals surface area contributed by atoms with Crippen LogP contribution in [0.15, 0.2) is 22.7 Å². The molecule has 1 aromatic rings. The van der Waals surface area contributed by atoms with Crippen molar-refractivity contribution in [3.63, 3.8) is 0 Å². The van der Waals surface area contributed by atoms with E-state index in [1.807, 2.05) is 24.1 Å². The molecule has 6 heteroatoms. The topological polar surface area (TPSA) is 44.8 Å². The summed E-state index contributed by atoms with van der Waals surface area (Å²) >= 11 is 3.49. The van der Waals surface area contributed by atoms with E-state index >= 15 is 0 Å². The van der Waals surface area contributed by atoms with E-state index in [0.29, 0.717) is 6.42 Å². The molecule has 0 aromatic heterocycles. The number of amides is 1. The first kappa shape index (κ1) is 17.2. The summed E-state index contributed by atoms with van der Waals surface area (Å²) in [5.74, 6) is 1.12. The van der Waals surface area contributed by atoms with Gasteiger partial charge in [0, 0.05) is 55.7 Å². The summed E-state index contributed by atoms with van der Waals surface area (Å²) in [6, 6.07) is 5.99. The van der Waals surface area contributed by atoms with Crippen molar-refractivity contribution in [2.45, 2.75) is 13.0 Å². The van der Waals surface area contributed by atoms with Crippen molar-refractivity contribution in [1.82, 2.24) is 15.1 Å². The third-order valence-electron chi connectivity index (χ3n) is 3.86. The smallest absolute Gasteiger partial charge is 0.223 e. The summed E-state index contributed by atoms with van der Waals surface area (Å²) in [5, 5.41) is 3.26. The first-order valence-electron chi connectivity index (χ1n) is 7.59.